The summed E-state index contributed by atoms with van der Waals surface area (Å²) in [4.78, 5) is 13.4. The lowest BCUT2D eigenvalue weighted by Gasteiger charge is -2.08. The van der Waals surface area contributed by atoms with Gasteiger partial charge < -0.3 is 5.32 Å². The van der Waals surface area contributed by atoms with E-state index in [0.29, 0.717) is 17.4 Å². The summed E-state index contributed by atoms with van der Waals surface area (Å²) in [6.07, 6.45) is 1.76. The van der Waals surface area contributed by atoms with Crippen molar-refractivity contribution in [2.24, 2.45) is 0 Å². The van der Waals surface area contributed by atoms with Crippen LogP contribution in [0.5, 0.6) is 0 Å². The Hall–Kier alpha value is -2.16. The molecule has 0 fully saturated rings. The number of halogens is 2. The van der Waals surface area contributed by atoms with Crippen molar-refractivity contribution in [2.45, 2.75) is 18.6 Å². The second-order valence-corrected chi connectivity index (χ2v) is 8.08. The maximum Gasteiger partial charge on any atom is 0.234 e. The SMILES string of the molecule is C=CCn1c(SCC(=O)Nc2ccc(F)c(Cl)c2)nnc1-c1csc(C)c1. The molecular weight excluding hydrogens is 407 g/mol. The molecule has 2 aromatic heterocycles. The predicted octanol–water partition coefficient (Wildman–Crippen LogP) is 5.02. The van der Waals surface area contributed by atoms with E-state index in [4.69, 9.17) is 11.6 Å². The first-order chi connectivity index (χ1) is 13.0. The second-order valence-electron chi connectivity index (χ2n) is 5.62. The largest absolute Gasteiger partial charge is 0.325 e. The zero-order valence-corrected chi connectivity index (χ0v) is 16.8. The Morgan fingerprint density at radius 3 is 2.93 bits per heavy atom. The molecule has 9 heteroatoms. The van der Waals surface area contributed by atoms with E-state index in [9.17, 15) is 9.18 Å². The molecule has 0 atom stereocenters. The lowest BCUT2D eigenvalue weighted by atomic mass is 10.3. The maximum absolute atomic E-state index is 13.2. The van der Waals surface area contributed by atoms with Crippen LogP contribution in [0.4, 0.5) is 10.1 Å². The first kappa shape index (κ1) is 19.6. The van der Waals surface area contributed by atoms with Gasteiger partial charge >= 0.3 is 0 Å². The van der Waals surface area contributed by atoms with Crippen molar-refractivity contribution < 1.29 is 9.18 Å². The molecule has 1 aromatic carbocycles. The number of thioether (sulfide) groups is 1. The minimum absolute atomic E-state index is 0.0399. The van der Waals surface area contributed by atoms with E-state index >= 15 is 0 Å². The molecule has 0 aliphatic heterocycles. The van der Waals surface area contributed by atoms with Gasteiger partial charge in [-0.05, 0) is 31.2 Å². The molecular formula is C18H16ClFN4OS2. The number of nitrogens with zero attached hydrogens (tertiary/aromatic N) is 3. The van der Waals surface area contributed by atoms with Gasteiger partial charge in [0.2, 0.25) is 5.91 Å². The quantitative estimate of drug-likeness (QED) is 0.428. The predicted molar refractivity (Wildman–Crippen MR) is 109 cm³/mol. The maximum atomic E-state index is 13.2. The highest BCUT2D eigenvalue weighted by Gasteiger charge is 2.16. The summed E-state index contributed by atoms with van der Waals surface area (Å²) in [5, 5.41) is 13.8. The molecule has 0 saturated heterocycles. The summed E-state index contributed by atoms with van der Waals surface area (Å²) in [6, 6.07) is 6.09. The fourth-order valence-corrected chi connectivity index (χ4v) is 3.97. The minimum Gasteiger partial charge on any atom is -0.325 e. The Morgan fingerprint density at radius 2 is 2.26 bits per heavy atom. The van der Waals surface area contributed by atoms with Crippen LogP contribution in [0.25, 0.3) is 11.4 Å². The number of benzene rings is 1. The van der Waals surface area contributed by atoms with E-state index < -0.39 is 5.82 Å². The fraction of sp³-hybridized carbons (Fsp3) is 0.167. The molecule has 1 N–H and O–H groups in total. The molecule has 0 bridgehead atoms. The zero-order valence-electron chi connectivity index (χ0n) is 14.4. The van der Waals surface area contributed by atoms with Gasteiger partial charge in [0.05, 0.1) is 10.8 Å². The summed E-state index contributed by atoms with van der Waals surface area (Å²) in [5.74, 6) is 0.0985. The second kappa shape index (κ2) is 8.69. The van der Waals surface area contributed by atoms with Crippen LogP contribution in [0.15, 0.2) is 47.5 Å². The Kier molecular flexibility index (Phi) is 6.30. The third-order valence-corrected chi connectivity index (χ3v) is 5.67. The number of carbonyl (C=O) groups excluding carboxylic acids is 1. The first-order valence-corrected chi connectivity index (χ1v) is 10.2. The van der Waals surface area contributed by atoms with Gasteiger partial charge in [0, 0.05) is 28.1 Å². The molecule has 27 heavy (non-hydrogen) atoms. The van der Waals surface area contributed by atoms with Crippen LogP contribution < -0.4 is 5.32 Å². The van der Waals surface area contributed by atoms with Crippen LogP contribution in [-0.4, -0.2) is 26.4 Å². The summed E-state index contributed by atoms with van der Waals surface area (Å²) in [5.41, 5.74) is 1.43. The van der Waals surface area contributed by atoms with Crippen LogP contribution in [-0.2, 0) is 11.3 Å². The van der Waals surface area contributed by atoms with Crippen LogP contribution in [0.3, 0.4) is 0 Å². The van der Waals surface area contributed by atoms with Crippen molar-refractivity contribution in [3.8, 4) is 11.4 Å². The highest BCUT2D eigenvalue weighted by Crippen LogP contribution is 2.27. The third-order valence-electron chi connectivity index (χ3n) is 3.55. The highest BCUT2D eigenvalue weighted by atomic mass is 35.5. The lowest BCUT2D eigenvalue weighted by Crippen LogP contribution is -2.14. The number of aromatic nitrogens is 3. The Morgan fingerprint density at radius 1 is 1.44 bits per heavy atom. The van der Waals surface area contributed by atoms with Gasteiger partial charge in [0.15, 0.2) is 11.0 Å². The van der Waals surface area contributed by atoms with Crippen LogP contribution in [0.1, 0.15) is 4.88 Å². The third kappa shape index (κ3) is 4.77. The van der Waals surface area contributed by atoms with Crippen molar-refractivity contribution in [3.63, 3.8) is 0 Å². The van der Waals surface area contributed by atoms with Crippen LogP contribution in [0.2, 0.25) is 5.02 Å². The molecule has 140 valence electrons. The van der Waals surface area contributed by atoms with Crippen LogP contribution in [0, 0.1) is 12.7 Å². The Labute approximate surface area is 169 Å². The summed E-state index contributed by atoms with van der Waals surface area (Å²) >= 11 is 8.64. The topological polar surface area (TPSA) is 59.8 Å². The Bertz CT molecular complexity index is 986. The number of thiophene rings is 1. The molecule has 0 spiro atoms. The number of hydrogen-bond donors (Lipinski definition) is 1. The average Bonchev–Trinajstić information content (AvgIpc) is 3.23. The van der Waals surface area contributed by atoms with Crippen molar-refractivity contribution in [1.29, 1.82) is 0 Å². The number of amides is 1. The minimum atomic E-state index is -0.530. The smallest absolute Gasteiger partial charge is 0.234 e. The van der Waals surface area contributed by atoms with Crippen molar-refractivity contribution in [1.82, 2.24) is 14.8 Å². The van der Waals surface area contributed by atoms with Gasteiger partial charge in [-0.25, -0.2) is 4.39 Å². The van der Waals surface area contributed by atoms with E-state index in [1.54, 1.807) is 17.4 Å². The van der Waals surface area contributed by atoms with Gasteiger partial charge in [-0.3, -0.25) is 9.36 Å². The van der Waals surface area contributed by atoms with E-state index in [2.05, 4.69) is 22.1 Å². The highest BCUT2D eigenvalue weighted by molar-refractivity contribution is 7.99. The molecule has 0 aliphatic rings. The van der Waals surface area contributed by atoms with Crippen molar-refractivity contribution >= 4 is 46.3 Å². The molecule has 0 unspecified atom stereocenters. The van der Waals surface area contributed by atoms with Crippen molar-refractivity contribution in [3.05, 3.63) is 58.0 Å². The molecule has 1 amide bonds. The number of hydrogen-bond acceptors (Lipinski definition) is 5. The number of rotatable bonds is 7. The number of nitrogens with one attached hydrogen (secondary N) is 1. The van der Waals surface area contributed by atoms with E-state index in [0.717, 1.165) is 11.4 Å². The van der Waals surface area contributed by atoms with Gasteiger partial charge in [-0.1, -0.05) is 29.4 Å². The fourth-order valence-electron chi connectivity index (χ4n) is 2.36. The van der Waals surface area contributed by atoms with E-state index in [-0.39, 0.29) is 16.7 Å². The monoisotopic (exact) mass is 422 g/mol. The number of anilines is 1. The molecule has 5 nitrogen and oxygen atoms in total. The number of carbonyl (C=O) groups is 1. The van der Waals surface area contributed by atoms with E-state index in [1.807, 2.05) is 22.9 Å². The average molecular weight is 423 g/mol. The molecule has 0 aliphatic carbocycles. The molecule has 2 heterocycles. The van der Waals surface area contributed by atoms with Gasteiger partial charge in [-0.2, -0.15) is 0 Å². The summed E-state index contributed by atoms with van der Waals surface area (Å²) in [7, 11) is 0. The molecule has 0 radical (unpaired) electrons. The molecule has 0 saturated carbocycles. The Balaban J connectivity index is 1.69. The standard InChI is InChI=1S/C18H16ClFN4OS2/c1-3-6-24-17(12-7-11(2)26-9-12)22-23-18(24)27-10-16(25)21-13-4-5-15(20)14(19)8-13/h3-5,7-9H,1,6,10H2,2H3,(H,21,25). The lowest BCUT2D eigenvalue weighted by molar-refractivity contribution is -0.113. The molecule has 3 aromatic rings. The van der Waals surface area contributed by atoms with Gasteiger partial charge in [0.1, 0.15) is 5.82 Å². The van der Waals surface area contributed by atoms with Crippen molar-refractivity contribution in [2.75, 3.05) is 11.1 Å². The number of allylic oxidation sites excluding steroid dienone is 1. The summed E-state index contributed by atoms with van der Waals surface area (Å²) in [6.45, 7) is 6.35. The zero-order chi connectivity index (χ0) is 19.4. The van der Waals surface area contributed by atoms with Gasteiger partial charge in [-0.15, -0.1) is 28.1 Å². The number of aryl methyl sites for hydroxylation is 1. The summed E-state index contributed by atoms with van der Waals surface area (Å²) < 4.78 is 15.1. The van der Waals surface area contributed by atoms with Gasteiger partial charge in [0.25, 0.3) is 0 Å². The molecule has 3 rings (SSSR count). The first-order valence-electron chi connectivity index (χ1n) is 7.95. The van der Waals surface area contributed by atoms with Crippen LogP contribution >= 0.6 is 34.7 Å². The van der Waals surface area contributed by atoms with E-state index in [1.165, 1.54) is 34.8 Å². The normalized spacial score (nSPS) is 10.8.